The first-order valence-corrected chi connectivity index (χ1v) is 20.6. The van der Waals surface area contributed by atoms with E-state index < -0.39 is 13.9 Å². The molecule has 4 aromatic carbocycles. The van der Waals surface area contributed by atoms with Crippen LogP contribution < -0.4 is 14.8 Å². The predicted molar refractivity (Wildman–Crippen MR) is 210 cm³/mol. The first-order valence-electron chi connectivity index (χ1n) is 17.7. The minimum absolute atomic E-state index is 0.0407. The molecule has 274 valence electrons. The van der Waals surface area contributed by atoms with Crippen molar-refractivity contribution in [3.05, 3.63) is 144 Å². The average molecular weight is 730 g/mol. The molecule has 0 bridgehead atoms. The summed E-state index contributed by atoms with van der Waals surface area (Å²) < 4.78 is 27.0. The molecule has 1 amide bonds. The second-order valence-electron chi connectivity index (χ2n) is 14.3. The van der Waals surface area contributed by atoms with Gasteiger partial charge in [-0.05, 0) is 71.2 Å². The number of aromatic nitrogens is 4. The molecule has 2 heterocycles. The summed E-state index contributed by atoms with van der Waals surface area (Å²) in [7, 11) is 1.24. The van der Waals surface area contributed by atoms with E-state index in [1.807, 2.05) is 89.5 Å². The van der Waals surface area contributed by atoms with Crippen molar-refractivity contribution in [2.45, 2.75) is 57.7 Å². The van der Waals surface area contributed by atoms with Gasteiger partial charge in [0.05, 0.1) is 20.8 Å². The Morgan fingerprint density at radius 2 is 1.30 bits per heavy atom. The Morgan fingerprint density at radius 3 is 1.85 bits per heavy atom. The molecule has 0 aliphatic rings. The molecular weight excluding hydrogens is 683 g/mol. The van der Waals surface area contributed by atoms with Crippen LogP contribution in [0.15, 0.2) is 116 Å². The van der Waals surface area contributed by atoms with Gasteiger partial charge < -0.3 is 28.5 Å². The van der Waals surface area contributed by atoms with Crippen LogP contribution in [-0.2, 0) is 27.9 Å². The van der Waals surface area contributed by atoms with E-state index in [0.717, 1.165) is 28.2 Å². The minimum Gasteiger partial charge on any atom is -0.497 e. The summed E-state index contributed by atoms with van der Waals surface area (Å²) in [4.78, 5) is 27.5. The second-order valence-corrected chi connectivity index (χ2v) is 19.1. The van der Waals surface area contributed by atoms with Crippen molar-refractivity contribution >= 4 is 31.2 Å². The lowest BCUT2D eigenvalue weighted by atomic mass is 9.80. The fourth-order valence-corrected chi connectivity index (χ4v) is 7.08. The second kappa shape index (κ2) is 15.7. The van der Waals surface area contributed by atoms with Crippen molar-refractivity contribution < 1.29 is 23.4 Å². The molecule has 0 saturated heterocycles. The van der Waals surface area contributed by atoms with E-state index in [2.05, 4.69) is 61.3 Å². The van der Waals surface area contributed by atoms with Crippen LogP contribution in [0.3, 0.4) is 0 Å². The molecule has 53 heavy (non-hydrogen) atoms. The van der Waals surface area contributed by atoms with Gasteiger partial charge in [0.2, 0.25) is 0 Å². The van der Waals surface area contributed by atoms with Gasteiger partial charge in [0.25, 0.3) is 5.91 Å². The maximum absolute atomic E-state index is 13.3. The van der Waals surface area contributed by atoms with E-state index in [4.69, 9.17) is 23.6 Å². The van der Waals surface area contributed by atoms with Crippen molar-refractivity contribution in [1.82, 2.24) is 19.5 Å². The maximum atomic E-state index is 13.3. The van der Waals surface area contributed by atoms with E-state index in [1.54, 1.807) is 26.4 Å². The number of nitrogens with one attached hydrogen (secondary N) is 1. The normalized spacial score (nSPS) is 12.1. The highest BCUT2D eigenvalue weighted by atomic mass is 28.4. The van der Waals surface area contributed by atoms with Crippen LogP contribution in [0.25, 0.3) is 11.2 Å². The highest BCUT2D eigenvalue weighted by molar-refractivity contribution is 6.74. The Kier molecular flexibility index (Phi) is 11.1. The van der Waals surface area contributed by atoms with Crippen LogP contribution in [-0.4, -0.2) is 54.6 Å². The van der Waals surface area contributed by atoms with Crippen LogP contribution in [0.2, 0.25) is 18.1 Å². The third-order valence-electron chi connectivity index (χ3n) is 10.1. The van der Waals surface area contributed by atoms with Crippen LogP contribution in [0.5, 0.6) is 11.5 Å². The Labute approximate surface area is 312 Å². The quantitative estimate of drug-likeness (QED) is 0.0877. The Hall–Kier alpha value is -5.36. The highest BCUT2D eigenvalue weighted by Gasteiger charge is 2.39. The standard InChI is InChI=1S/C42H47N5O5Si/c1-41(2,3)53(6,7)52-27-26-47-36(45-37-38(43-29-44-39(37)47)46-40(48)30-14-10-8-11-15-30)28-51-42(31-16-12-9-13-17-31,32-18-22-34(49-4)23-19-32)33-20-24-35(50-5)25-21-33/h8-25,29H,26-28H2,1-7H3,(H,43,44,46,48). The van der Waals surface area contributed by atoms with Crippen LogP contribution in [0.4, 0.5) is 5.82 Å². The van der Waals surface area contributed by atoms with Crippen LogP contribution in [0, 0.1) is 0 Å². The zero-order valence-electron chi connectivity index (χ0n) is 31.4. The zero-order chi connectivity index (χ0) is 37.6. The summed E-state index contributed by atoms with van der Waals surface area (Å²) in [6, 6.07) is 35.0. The fraction of sp³-hybridized carbons (Fsp3) is 0.286. The van der Waals surface area contributed by atoms with Gasteiger partial charge in [0.1, 0.15) is 35.9 Å². The fourth-order valence-electron chi connectivity index (χ4n) is 6.04. The summed E-state index contributed by atoms with van der Waals surface area (Å²) >= 11 is 0. The number of imidazole rings is 1. The van der Waals surface area contributed by atoms with E-state index in [0.29, 0.717) is 41.5 Å². The van der Waals surface area contributed by atoms with Gasteiger partial charge >= 0.3 is 0 Å². The molecule has 0 spiro atoms. The van der Waals surface area contributed by atoms with Gasteiger partial charge in [0.15, 0.2) is 25.3 Å². The monoisotopic (exact) mass is 729 g/mol. The van der Waals surface area contributed by atoms with E-state index in [1.165, 1.54) is 6.33 Å². The number of benzene rings is 4. The van der Waals surface area contributed by atoms with Gasteiger partial charge in [-0.25, -0.2) is 15.0 Å². The summed E-state index contributed by atoms with van der Waals surface area (Å²) in [5, 5.41) is 3.00. The Bertz CT molecular complexity index is 2080. The lowest BCUT2D eigenvalue weighted by molar-refractivity contribution is -0.00455. The van der Waals surface area contributed by atoms with Gasteiger partial charge in [-0.15, -0.1) is 0 Å². The Balaban J connectivity index is 1.46. The third-order valence-corrected chi connectivity index (χ3v) is 14.6. The largest absolute Gasteiger partial charge is 0.497 e. The molecule has 1 N–H and O–H groups in total. The Morgan fingerprint density at radius 1 is 0.755 bits per heavy atom. The SMILES string of the molecule is COc1ccc(C(OCc2nc3c(NC(=O)c4ccccc4)ncnc3n2CCO[Si](C)(C)C(C)(C)C)(c2ccccc2)c2ccc(OC)cc2)cc1. The van der Waals surface area contributed by atoms with Gasteiger partial charge in [-0.2, -0.15) is 0 Å². The minimum atomic E-state index is -2.07. The molecule has 6 aromatic rings. The lowest BCUT2D eigenvalue weighted by Crippen LogP contribution is -2.41. The van der Waals surface area contributed by atoms with Gasteiger partial charge in [-0.1, -0.05) is 93.6 Å². The van der Waals surface area contributed by atoms with Crippen LogP contribution >= 0.6 is 0 Å². The van der Waals surface area contributed by atoms with Gasteiger partial charge in [0, 0.05) is 12.1 Å². The summed E-state index contributed by atoms with van der Waals surface area (Å²) in [5.41, 5.74) is 3.19. The van der Waals surface area contributed by atoms with E-state index >= 15 is 0 Å². The first kappa shape index (κ1) is 37.4. The molecule has 2 aromatic heterocycles. The van der Waals surface area contributed by atoms with E-state index in [-0.39, 0.29) is 17.6 Å². The number of anilines is 1. The number of rotatable bonds is 14. The van der Waals surface area contributed by atoms with Crippen molar-refractivity contribution in [3.63, 3.8) is 0 Å². The van der Waals surface area contributed by atoms with Crippen molar-refractivity contribution in [2.75, 3.05) is 26.1 Å². The topological polar surface area (TPSA) is 110 Å². The van der Waals surface area contributed by atoms with Crippen molar-refractivity contribution in [2.24, 2.45) is 0 Å². The number of carbonyl (C=O) groups excluding carboxylic acids is 1. The molecule has 0 aliphatic carbocycles. The number of amides is 1. The molecule has 0 saturated carbocycles. The predicted octanol–water partition coefficient (Wildman–Crippen LogP) is 8.63. The van der Waals surface area contributed by atoms with Crippen LogP contribution in [0.1, 0.15) is 53.6 Å². The molecule has 0 radical (unpaired) electrons. The zero-order valence-corrected chi connectivity index (χ0v) is 32.4. The van der Waals surface area contributed by atoms with Crippen molar-refractivity contribution in [3.8, 4) is 11.5 Å². The smallest absolute Gasteiger partial charge is 0.256 e. The number of carbonyl (C=O) groups is 1. The highest BCUT2D eigenvalue weighted by Crippen LogP contribution is 2.43. The summed E-state index contributed by atoms with van der Waals surface area (Å²) in [6.07, 6.45) is 1.45. The third kappa shape index (κ3) is 7.87. The molecule has 0 aliphatic heterocycles. The molecule has 11 heteroatoms. The number of fused-ring (bicyclic) bond motifs is 1. The van der Waals surface area contributed by atoms with E-state index in [9.17, 15) is 4.79 Å². The number of methoxy groups -OCH3 is 2. The molecule has 10 nitrogen and oxygen atoms in total. The summed E-state index contributed by atoms with van der Waals surface area (Å²) in [5.74, 6) is 2.10. The van der Waals surface area contributed by atoms with Gasteiger partial charge in [-0.3, -0.25) is 4.79 Å². The van der Waals surface area contributed by atoms with Crippen molar-refractivity contribution in [1.29, 1.82) is 0 Å². The first-order chi connectivity index (χ1) is 25.5. The molecule has 6 rings (SSSR count). The lowest BCUT2D eigenvalue weighted by Gasteiger charge is -2.36. The molecule has 0 fully saturated rings. The molecular formula is C42H47N5O5Si. The maximum Gasteiger partial charge on any atom is 0.256 e. The molecule has 0 unspecified atom stereocenters. The number of ether oxygens (including phenoxy) is 3. The average Bonchev–Trinajstić information content (AvgIpc) is 3.53. The number of hydrogen-bond acceptors (Lipinski definition) is 8. The molecule has 0 atom stereocenters. The summed E-state index contributed by atoms with van der Waals surface area (Å²) in [6.45, 7) is 12.1. The number of nitrogens with zero attached hydrogens (tertiary/aromatic N) is 4. The number of hydrogen-bond donors (Lipinski definition) is 1.